The third-order valence-corrected chi connectivity index (χ3v) is 1.69. The van der Waals surface area contributed by atoms with Gasteiger partial charge in [-0.05, 0) is 6.42 Å². The molecule has 13 heavy (non-hydrogen) atoms. The van der Waals surface area contributed by atoms with Crippen molar-refractivity contribution in [3.8, 4) is 0 Å². The maximum absolute atomic E-state index is 11.4. The maximum atomic E-state index is 11.4. The van der Waals surface area contributed by atoms with Gasteiger partial charge in [0.25, 0.3) is 0 Å². The van der Waals surface area contributed by atoms with Crippen molar-refractivity contribution in [1.82, 2.24) is 4.90 Å². The van der Waals surface area contributed by atoms with Gasteiger partial charge < -0.3 is 16.4 Å². The highest BCUT2D eigenvalue weighted by Crippen LogP contribution is 1.97. The zero-order valence-electron chi connectivity index (χ0n) is 8.12. The van der Waals surface area contributed by atoms with Gasteiger partial charge in [0.1, 0.15) is 0 Å². The molecule has 0 aliphatic carbocycles. The molecule has 4 N–H and O–H groups in total. The second-order valence-corrected chi connectivity index (χ2v) is 3.06. The SMILES string of the molecule is CCC[C@@H](N)C(=O)N(C)CC(N)=O. The smallest absolute Gasteiger partial charge is 0.239 e. The molecule has 5 nitrogen and oxygen atoms in total. The van der Waals surface area contributed by atoms with Gasteiger partial charge in [-0.3, -0.25) is 9.59 Å². The highest BCUT2D eigenvalue weighted by molar-refractivity contribution is 5.86. The van der Waals surface area contributed by atoms with Crippen molar-refractivity contribution in [3.05, 3.63) is 0 Å². The first-order valence-electron chi connectivity index (χ1n) is 4.27. The van der Waals surface area contributed by atoms with Crippen LogP contribution in [0.2, 0.25) is 0 Å². The van der Waals surface area contributed by atoms with Crippen molar-refractivity contribution < 1.29 is 9.59 Å². The van der Waals surface area contributed by atoms with Crippen LogP contribution in [0.15, 0.2) is 0 Å². The van der Waals surface area contributed by atoms with Crippen molar-refractivity contribution >= 4 is 11.8 Å². The fourth-order valence-corrected chi connectivity index (χ4v) is 1.03. The van der Waals surface area contributed by atoms with Gasteiger partial charge in [-0.25, -0.2) is 0 Å². The summed E-state index contributed by atoms with van der Waals surface area (Å²) in [7, 11) is 1.52. The molecule has 0 bridgehead atoms. The summed E-state index contributed by atoms with van der Waals surface area (Å²) in [6.07, 6.45) is 1.47. The summed E-state index contributed by atoms with van der Waals surface area (Å²) in [5.41, 5.74) is 10.5. The van der Waals surface area contributed by atoms with Crippen LogP contribution >= 0.6 is 0 Å². The second kappa shape index (κ2) is 5.53. The predicted octanol–water partition coefficient (Wildman–Crippen LogP) is -0.942. The summed E-state index contributed by atoms with van der Waals surface area (Å²) in [6, 6.07) is -0.519. The summed E-state index contributed by atoms with van der Waals surface area (Å²) in [6.45, 7) is 1.87. The van der Waals surface area contributed by atoms with E-state index in [4.69, 9.17) is 11.5 Å². The highest BCUT2D eigenvalue weighted by Gasteiger charge is 2.17. The standard InChI is InChI=1S/C8H17N3O2/c1-3-4-6(9)8(13)11(2)5-7(10)12/h6H,3-5,9H2,1-2H3,(H2,10,12)/t6-/m1/s1. The average molecular weight is 187 g/mol. The van der Waals surface area contributed by atoms with E-state index in [0.717, 1.165) is 6.42 Å². The molecule has 0 aliphatic rings. The van der Waals surface area contributed by atoms with Gasteiger partial charge in [-0.15, -0.1) is 0 Å². The van der Waals surface area contributed by atoms with E-state index in [-0.39, 0.29) is 12.5 Å². The number of nitrogens with zero attached hydrogens (tertiary/aromatic N) is 1. The van der Waals surface area contributed by atoms with Gasteiger partial charge in [0.2, 0.25) is 11.8 Å². The molecule has 0 heterocycles. The zero-order valence-corrected chi connectivity index (χ0v) is 8.12. The van der Waals surface area contributed by atoms with E-state index in [1.54, 1.807) is 0 Å². The lowest BCUT2D eigenvalue weighted by molar-refractivity contribution is -0.135. The Bertz CT molecular complexity index is 194. The monoisotopic (exact) mass is 187 g/mol. The van der Waals surface area contributed by atoms with Crippen LogP contribution in [0.4, 0.5) is 0 Å². The number of nitrogens with two attached hydrogens (primary N) is 2. The Balaban J connectivity index is 4.01. The van der Waals surface area contributed by atoms with Gasteiger partial charge >= 0.3 is 0 Å². The normalized spacial score (nSPS) is 12.2. The molecule has 0 fully saturated rings. The molecule has 0 aromatic carbocycles. The van der Waals surface area contributed by atoms with E-state index >= 15 is 0 Å². The lowest BCUT2D eigenvalue weighted by Crippen LogP contribution is -2.44. The van der Waals surface area contributed by atoms with Crippen molar-refractivity contribution in [2.24, 2.45) is 11.5 Å². The van der Waals surface area contributed by atoms with E-state index in [1.807, 2.05) is 6.92 Å². The molecule has 0 aromatic rings. The van der Waals surface area contributed by atoms with Crippen LogP contribution in [0.3, 0.4) is 0 Å². The van der Waals surface area contributed by atoms with Gasteiger partial charge in [-0.1, -0.05) is 13.3 Å². The number of rotatable bonds is 5. The first-order chi connectivity index (χ1) is 5.99. The lowest BCUT2D eigenvalue weighted by atomic mass is 10.1. The number of hydrogen-bond donors (Lipinski definition) is 2. The first kappa shape index (κ1) is 11.9. The number of hydrogen-bond acceptors (Lipinski definition) is 3. The van der Waals surface area contributed by atoms with Crippen molar-refractivity contribution in [2.45, 2.75) is 25.8 Å². The Morgan fingerprint density at radius 1 is 1.46 bits per heavy atom. The molecule has 0 aliphatic heterocycles. The Labute approximate surface area is 78.1 Å². The molecule has 0 aromatic heterocycles. The Kier molecular flexibility index (Phi) is 5.06. The minimum Gasteiger partial charge on any atom is -0.368 e. The van der Waals surface area contributed by atoms with Crippen LogP contribution < -0.4 is 11.5 Å². The summed E-state index contributed by atoms with van der Waals surface area (Å²) in [5, 5.41) is 0. The Morgan fingerprint density at radius 2 is 2.00 bits per heavy atom. The van der Waals surface area contributed by atoms with Crippen LogP contribution in [0.25, 0.3) is 0 Å². The maximum Gasteiger partial charge on any atom is 0.239 e. The molecule has 76 valence electrons. The molecule has 0 spiro atoms. The molecular weight excluding hydrogens is 170 g/mol. The molecule has 0 saturated carbocycles. The Hall–Kier alpha value is -1.10. The van der Waals surface area contributed by atoms with Gasteiger partial charge in [0.15, 0.2) is 0 Å². The quantitative estimate of drug-likeness (QED) is 0.582. The van der Waals surface area contributed by atoms with E-state index in [2.05, 4.69) is 0 Å². The van der Waals surface area contributed by atoms with Gasteiger partial charge in [0, 0.05) is 7.05 Å². The molecule has 2 amide bonds. The third kappa shape index (κ3) is 4.47. The van der Waals surface area contributed by atoms with Crippen molar-refractivity contribution in [2.75, 3.05) is 13.6 Å². The number of carbonyl (C=O) groups is 2. The molecular formula is C8H17N3O2. The van der Waals surface area contributed by atoms with Crippen LogP contribution in [-0.4, -0.2) is 36.3 Å². The number of amides is 2. The lowest BCUT2D eigenvalue weighted by Gasteiger charge is -2.19. The Morgan fingerprint density at radius 3 is 2.38 bits per heavy atom. The fraction of sp³-hybridized carbons (Fsp3) is 0.750. The molecule has 0 radical (unpaired) electrons. The highest BCUT2D eigenvalue weighted by atomic mass is 16.2. The fourth-order valence-electron chi connectivity index (χ4n) is 1.03. The van der Waals surface area contributed by atoms with Crippen LogP contribution in [-0.2, 0) is 9.59 Å². The van der Waals surface area contributed by atoms with Gasteiger partial charge in [0.05, 0.1) is 12.6 Å². The number of primary amides is 1. The van der Waals surface area contributed by atoms with E-state index < -0.39 is 11.9 Å². The average Bonchev–Trinajstić information content (AvgIpc) is 2.02. The van der Waals surface area contributed by atoms with Gasteiger partial charge in [-0.2, -0.15) is 0 Å². The summed E-state index contributed by atoms with van der Waals surface area (Å²) in [5.74, 6) is -0.764. The largest absolute Gasteiger partial charge is 0.368 e. The summed E-state index contributed by atoms with van der Waals surface area (Å²) < 4.78 is 0. The topological polar surface area (TPSA) is 89.4 Å². The van der Waals surface area contributed by atoms with Crippen LogP contribution in [0.1, 0.15) is 19.8 Å². The summed E-state index contributed by atoms with van der Waals surface area (Å²) >= 11 is 0. The second-order valence-electron chi connectivity index (χ2n) is 3.06. The van der Waals surface area contributed by atoms with Crippen molar-refractivity contribution in [1.29, 1.82) is 0 Å². The zero-order chi connectivity index (χ0) is 10.4. The number of carbonyl (C=O) groups excluding carboxylic acids is 2. The molecule has 1 atom stereocenters. The van der Waals surface area contributed by atoms with Crippen LogP contribution in [0, 0.1) is 0 Å². The predicted molar refractivity (Wildman–Crippen MR) is 49.7 cm³/mol. The third-order valence-electron chi connectivity index (χ3n) is 1.69. The number of likely N-dealkylation sites (N-methyl/N-ethyl adjacent to an activating group) is 1. The summed E-state index contributed by atoms with van der Waals surface area (Å²) in [4.78, 5) is 23.1. The molecule has 0 rings (SSSR count). The van der Waals surface area contributed by atoms with E-state index in [9.17, 15) is 9.59 Å². The minimum atomic E-state index is -0.528. The molecule has 0 unspecified atom stereocenters. The minimum absolute atomic E-state index is 0.0732. The van der Waals surface area contributed by atoms with Crippen LogP contribution in [0.5, 0.6) is 0 Å². The van der Waals surface area contributed by atoms with E-state index in [1.165, 1.54) is 11.9 Å². The molecule has 5 heteroatoms. The van der Waals surface area contributed by atoms with Crippen molar-refractivity contribution in [3.63, 3.8) is 0 Å². The first-order valence-corrected chi connectivity index (χ1v) is 4.27. The van der Waals surface area contributed by atoms with E-state index in [0.29, 0.717) is 6.42 Å². The molecule has 0 saturated heterocycles.